The van der Waals surface area contributed by atoms with Crippen LogP contribution in [-0.4, -0.2) is 24.1 Å². The number of rotatable bonds is 6. The van der Waals surface area contributed by atoms with Gasteiger partial charge in [0.1, 0.15) is 23.6 Å². The minimum absolute atomic E-state index is 0.505. The molecule has 1 heterocycles. The molecule has 0 fully saturated rings. The molecule has 0 unspecified atom stereocenters. The molecule has 0 N–H and O–H groups in total. The molecule has 0 aliphatic heterocycles. The Balaban J connectivity index is 1.71. The van der Waals surface area contributed by atoms with Gasteiger partial charge in [0.15, 0.2) is 0 Å². The minimum Gasteiger partial charge on any atom is -0.497 e. The molecule has 0 aliphatic carbocycles. The Bertz CT molecular complexity index is 776. The second-order valence-corrected chi connectivity index (χ2v) is 5.33. The van der Waals surface area contributed by atoms with Crippen LogP contribution < -0.4 is 14.4 Å². The van der Waals surface area contributed by atoms with E-state index in [0.29, 0.717) is 11.6 Å². The fourth-order valence-electron chi connectivity index (χ4n) is 2.30. The zero-order valence-electron chi connectivity index (χ0n) is 13.7. The molecule has 0 saturated heterocycles. The van der Waals surface area contributed by atoms with Gasteiger partial charge in [0, 0.05) is 19.7 Å². The molecule has 2 aromatic carbocycles. The van der Waals surface area contributed by atoms with Crippen LogP contribution in [0.4, 0.5) is 5.82 Å². The first kappa shape index (κ1) is 15.8. The van der Waals surface area contributed by atoms with E-state index in [-0.39, 0.29) is 0 Å². The van der Waals surface area contributed by atoms with E-state index in [4.69, 9.17) is 9.47 Å². The van der Waals surface area contributed by atoms with Crippen LogP contribution >= 0.6 is 0 Å². The number of hydrogen-bond acceptors (Lipinski definition) is 5. The lowest BCUT2D eigenvalue weighted by Gasteiger charge is -2.18. The summed E-state index contributed by atoms with van der Waals surface area (Å²) in [6.45, 7) is 0.764. The molecule has 3 aromatic rings. The van der Waals surface area contributed by atoms with Gasteiger partial charge in [-0.2, -0.15) is 0 Å². The topological polar surface area (TPSA) is 47.5 Å². The van der Waals surface area contributed by atoms with Gasteiger partial charge in [-0.1, -0.05) is 30.3 Å². The number of aromatic nitrogens is 2. The lowest BCUT2D eigenvalue weighted by Crippen LogP contribution is -2.17. The molecule has 0 atom stereocenters. The number of nitrogens with zero attached hydrogens (tertiary/aromatic N) is 3. The average Bonchev–Trinajstić information content (AvgIpc) is 2.63. The lowest BCUT2D eigenvalue weighted by atomic mass is 10.2. The molecule has 3 rings (SSSR count). The number of methoxy groups -OCH3 is 1. The van der Waals surface area contributed by atoms with Crippen molar-refractivity contribution in [2.45, 2.75) is 6.54 Å². The number of anilines is 1. The van der Waals surface area contributed by atoms with Gasteiger partial charge in [0.05, 0.1) is 7.11 Å². The van der Waals surface area contributed by atoms with Crippen LogP contribution in [0.2, 0.25) is 0 Å². The molecule has 122 valence electrons. The van der Waals surface area contributed by atoms with Crippen LogP contribution in [-0.2, 0) is 6.54 Å². The average molecular weight is 321 g/mol. The van der Waals surface area contributed by atoms with Crippen molar-refractivity contribution < 1.29 is 9.47 Å². The molecule has 0 saturated carbocycles. The largest absolute Gasteiger partial charge is 0.497 e. The molecule has 5 heteroatoms. The van der Waals surface area contributed by atoms with Crippen LogP contribution in [0.15, 0.2) is 67.0 Å². The summed E-state index contributed by atoms with van der Waals surface area (Å²) in [5.41, 5.74) is 1.22. The van der Waals surface area contributed by atoms with Crippen LogP contribution in [0, 0.1) is 0 Å². The van der Waals surface area contributed by atoms with E-state index in [1.54, 1.807) is 7.11 Å². The van der Waals surface area contributed by atoms with Gasteiger partial charge < -0.3 is 14.4 Å². The maximum absolute atomic E-state index is 5.79. The van der Waals surface area contributed by atoms with Crippen molar-refractivity contribution in [3.05, 3.63) is 72.6 Å². The lowest BCUT2D eigenvalue weighted by molar-refractivity contribution is 0.412. The third-order valence-corrected chi connectivity index (χ3v) is 3.56. The standard InChI is InChI=1S/C19H19N3O2/c1-22(13-15-6-4-3-5-7-15)18-12-19(21-14-20-18)24-17-10-8-16(23-2)9-11-17/h3-12,14H,13H2,1-2H3. The van der Waals surface area contributed by atoms with E-state index in [1.165, 1.54) is 11.9 Å². The number of hydrogen-bond donors (Lipinski definition) is 0. The van der Waals surface area contributed by atoms with Gasteiger partial charge >= 0.3 is 0 Å². The van der Waals surface area contributed by atoms with Gasteiger partial charge in [-0.3, -0.25) is 0 Å². The quantitative estimate of drug-likeness (QED) is 0.689. The van der Waals surface area contributed by atoms with Crippen LogP contribution in [0.5, 0.6) is 17.4 Å². The highest BCUT2D eigenvalue weighted by Gasteiger charge is 2.07. The summed E-state index contributed by atoms with van der Waals surface area (Å²) in [4.78, 5) is 10.5. The molecule has 0 aliphatic rings. The molecule has 0 spiro atoms. The third-order valence-electron chi connectivity index (χ3n) is 3.56. The molecular formula is C19H19N3O2. The van der Waals surface area contributed by atoms with Crippen molar-refractivity contribution in [1.82, 2.24) is 9.97 Å². The minimum atomic E-state index is 0.505. The van der Waals surface area contributed by atoms with Crippen LogP contribution in [0.25, 0.3) is 0 Å². The summed E-state index contributed by atoms with van der Waals surface area (Å²) in [6, 6.07) is 19.4. The Labute approximate surface area is 141 Å². The van der Waals surface area contributed by atoms with Crippen molar-refractivity contribution in [3.8, 4) is 17.4 Å². The zero-order chi connectivity index (χ0) is 16.8. The molecule has 0 radical (unpaired) electrons. The summed E-state index contributed by atoms with van der Waals surface area (Å²) < 4.78 is 10.9. The first-order chi connectivity index (χ1) is 11.7. The van der Waals surface area contributed by atoms with Gasteiger partial charge in [-0.15, -0.1) is 0 Å². The molecule has 5 nitrogen and oxygen atoms in total. The smallest absolute Gasteiger partial charge is 0.224 e. The van der Waals surface area contributed by atoms with Crippen LogP contribution in [0.3, 0.4) is 0 Å². The van der Waals surface area contributed by atoms with Crippen LogP contribution in [0.1, 0.15) is 5.56 Å². The highest BCUT2D eigenvalue weighted by atomic mass is 16.5. The second-order valence-electron chi connectivity index (χ2n) is 5.33. The third kappa shape index (κ3) is 4.01. The van der Waals surface area contributed by atoms with E-state index >= 15 is 0 Å². The van der Waals surface area contributed by atoms with Gasteiger partial charge in [-0.05, 0) is 29.8 Å². The normalized spacial score (nSPS) is 10.2. The van der Waals surface area contributed by atoms with E-state index in [0.717, 1.165) is 18.1 Å². The molecule has 24 heavy (non-hydrogen) atoms. The highest BCUT2D eigenvalue weighted by Crippen LogP contribution is 2.24. The SMILES string of the molecule is COc1ccc(Oc2cc(N(C)Cc3ccccc3)ncn2)cc1. The predicted octanol–water partition coefficient (Wildman–Crippen LogP) is 3.91. The van der Waals surface area contributed by atoms with Crippen molar-refractivity contribution in [1.29, 1.82) is 0 Å². The zero-order valence-corrected chi connectivity index (χ0v) is 13.7. The Morgan fingerprint density at radius 1 is 0.917 bits per heavy atom. The summed E-state index contributed by atoms with van der Waals surface area (Å²) in [5.74, 6) is 2.79. The van der Waals surface area contributed by atoms with Gasteiger partial charge in [-0.25, -0.2) is 9.97 Å². The molecular weight excluding hydrogens is 302 g/mol. The van der Waals surface area contributed by atoms with Gasteiger partial charge in [0.2, 0.25) is 5.88 Å². The summed E-state index contributed by atoms with van der Waals surface area (Å²) in [7, 11) is 3.63. The number of benzene rings is 2. The highest BCUT2D eigenvalue weighted by molar-refractivity contribution is 5.42. The van der Waals surface area contributed by atoms with E-state index in [9.17, 15) is 0 Å². The van der Waals surface area contributed by atoms with Crippen molar-refractivity contribution in [2.75, 3.05) is 19.1 Å². The van der Waals surface area contributed by atoms with E-state index < -0.39 is 0 Å². The maximum atomic E-state index is 5.79. The number of ether oxygens (including phenoxy) is 2. The fraction of sp³-hybridized carbons (Fsp3) is 0.158. The van der Waals surface area contributed by atoms with E-state index in [1.807, 2.05) is 55.6 Å². The summed E-state index contributed by atoms with van der Waals surface area (Å²) in [5, 5.41) is 0. The maximum Gasteiger partial charge on any atom is 0.224 e. The summed E-state index contributed by atoms with van der Waals surface area (Å²) in [6.07, 6.45) is 1.51. The Kier molecular flexibility index (Phi) is 4.91. The second kappa shape index (κ2) is 7.46. The molecule has 0 amide bonds. The first-order valence-electron chi connectivity index (χ1n) is 7.63. The molecule has 0 bridgehead atoms. The fourth-order valence-corrected chi connectivity index (χ4v) is 2.30. The Hall–Kier alpha value is -3.08. The molecule has 1 aromatic heterocycles. The van der Waals surface area contributed by atoms with Crippen molar-refractivity contribution >= 4 is 5.82 Å². The Morgan fingerprint density at radius 3 is 2.33 bits per heavy atom. The van der Waals surface area contributed by atoms with Crippen molar-refractivity contribution in [3.63, 3.8) is 0 Å². The predicted molar refractivity (Wildman–Crippen MR) is 93.6 cm³/mol. The summed E-state index contributed by atoms with van der Waals surface area (Å²) >= 11 is 0. The van der Waals surface area contributed by atoms with E-state index in [2.05, 4.69) is 27.0 Å². The van der Waals surface area contributed by atoms with Gasteiger partial charge in [0.25, 0.3) is 0 Å². The first-order valence-corrected chi connectivity index (χ1v) is 7.63. The monoisotopic (exact) mass is 321 g/mol. The van der Waals surface area contributed by atoms with Crippen molar-refractivity contribution in [2.24, 2.45) is 0 Å². The Morgan fingerprint density at radius 2 is 1.62 bits per heavy atom.